The molecule has 0 amide bonds. The second kappa shape index (κ2) is 5.08. The third-order valence-corrected chi connectivity index (χ3v) is 3.01. The Balaban J connectivity index is 2.04. The average Bonchev–Trinajstić information content (AvgIpc) is 2.73. The molecule has 0 fully saturated rings. The van der Waals surface area contributed by atoms with Crippen LogP contribution in [0.2, 0.25) is 0 Å². The van der Waals surface area contributed by atoms with E-state index in [0.29, 0.717) is 5.92 Å². The summed E-state index contributed by atoms with van der Waals surface area (Å²) in [5, 5.41) is 3.11. The Morgan fingerprint density at radius 2 is 2.12 bits per heavy atom. The summed E-state index contributed by atoms with van der Waals surface area (Å²) >= 11 is 0. The Morgan fingerprint density at radius 1 is 1.41 bits per heavy atom. The van der Waals surface area contributed by atoms with E-state index in [1.807, 2.05) is 18.2 Å². The van der Waals surface area contributed by atoms with Gasteiger partial charge in [-0.2, -0.15) is 0 Å². The minimum atomic E-state index is -0.198. The zero-order chi connectivity index (χ0) is 12.3. The van der Waals surface area contributed by atoms with Crippen molar-refractivity contribution in [1.82, 2.24) is 5.32 Å². The van der Waals surface area contributed by atoms with Gasteiger partial charge in [0.1, 0.15) is 5.82 Å². The van der Waals surface area contributed by atoms with E-state index in [1.54, 1.807) is 0 Å². The van der Waals surface area contributed by atoms with E-state index in [0.717, 1.165) is 31.1 Å². The van der Waals surface area contributed by atoms with Crippen molar-refractivity contribution in [1.29, 1.82) is 0 Å². The Labute approximate surface area is 101 Å². The summed E-state index contributed by atoms with van der Waals surface area (Å²) < 4.78 is 12.9. The lowest BCUT2D eigenvalue weighted by Crippen LogP contribution is -2.30. The molecule has 0 saturated carbocycles. The highest BCUT2D eigenvalue weighted by atomic mass is 19.1. The van der Waals surface area contributed by atoms with E-state index < -0.39 is 0 Å². The molecule has 0 unspecified atom stereocenters. The van der Waals surface area contributed by atoms with E-state index in [2.05, 4.69) is 17.1 Å². The first-order valence-electron chi connectivity index (χ1n) is 5.90. The van der Waals surface area contributed by atoms with E-state index in [1.165, 1.54) is 12.1 Å². The third-order valence-electron chi connectivity index (χ3n) is 3.01. The lowest BCUT2D eigenvalue weighted by atomic mass is 10.1. The maximum absolute atomic E-state index is 12.9. The largest absolute Gasteiger partial charge is 0.386 e. The molecule has 1 aromatic carbocycles. The second-order valence-corrected chi connectivity index (χ2v) is 4.28. The van der Waals surface area contributed by atoms with Crippen LogP contribution in [-0.2, 0) is 0 Å². The van der Waals surface area contributed by atoms with E-state index in [9.17, 15) is 4.39 Å². The van der Waals surface area contributed by atoms with Gasteiger partial charge in [-0.15, -0.1) is 0 Å². The normalized spacial score (nSPS) is 18.7. The monoisotopic (exact) mass is 235 g/mol. The molecule has 3 nitrogen and oxygen atoms in total. The highest BCUT2D eigenvalue weighted by Crippen LogP contribution is 2.18. The van der Waals surface area contributed by atoms with E-state index >= 15 is 0 Å². The molecular formula is C13H18FN3. The molecule has 0 radical (unpaired) electrons. The third kappa shape index (κ3) is 2.90. The van der Waals surface area contributed by atoms with Crippen molar-refractivity contribution in [3.8, 4) is 0 Å². The fourth-order valence-electron chi connectivity index (χ4n) is 2.09. The molecule has 92 valence electrons. The predicted molar refractivity (Wildman–Crippen MR) is 68.1 cm³/mol. The van der Waals surface area contributed by atoms with Gasteiger partial charge < -0.3 is 16.0 Å². The molecule has 1 aromatic rings. The molecule has 1 heterocycles. The van der Waals surface area contributed by atoms with Gasteiger partial charge in [0, 0.05) is 31.2 Å². The first-order valence-corrected chi connectivity index (χ1v) is 5.90. The Hall–Kier alpha value is -1.71. The number of hydrogen-bond donors (Lipinski definition) is 2. The molecule has 4 heteroatoms. The second-order valence-electron chi connectivity index (χ2n) is 4.28. The zero-order valence-corrected chi connectivity index (χ0v) is 9.99. The van der Waals surface area contributed by atoms with Gasteiger partial charge in [0.15, 0.2) is 0 Å². The summed E-state index contributed by atoms with van der Waals surface area (Å²) in [4.78, 5) is 2.22. The minimum Gasteiger partial charge on any atom is -0.386 e. The van der Waals surface area contributed by atoms with Crippen LogP contribution in [0.1, 0.15) is 6.92 Å². The molecule has 17 heavy (non-hydrogen) atoms. The van der Waals surface area contributed by atoms with Crippen molar-refractivity contribution in [2.45, 2.75) is 6.92 Å². The number of nitrogens with one attached hydrogen (secondary N) is 1. The maximum atomic E-state index is 12.9. The summed E-state index contributed by atoms with van der Waals surface area (Å²) in [5.41, 5.74) is 6.73. The van der Waals surface area contributed by atoms with Crippen LogP contribution in [0.25, 0.3) is 0 Å². The average molecular weight is 235 g/mol. The summed E-state index contributed by atoms with van der Waals surface area (Å²) in [5.74, 6) is 0.974. The highest BCUT2D eigenvalue weighted by molar-refractivity contribution is 5.46. The number of rotatable bonds is 4. The van der Waals surface area contributed by atoms with Gasteiger partial charge in [-0.1, -0.05) is 0 Å². The number of hydrogen-bond acceptors (Lipinski definition) is 3. The van der Waals surface area contributed by atoms with Gasteiger partial charge in [-0.25, -0.2) is 4.39 Å². The summed E-state index contributed by atoms with van der Waals surface area (Å²) in [6.07, 6.45) is 2.05. The van der Waals surface area contributed by atoms with E-state index in [4.69, 9.17) is 5.73 Å². The fourth-order valence-corrected chi connectivity index (χ4v) is 2.09. The highest BCUT2D eigenvalue weighted by Gasteiger charge is 2.16. The first-order chi connectivity index (χ1) is 8.19. The smallest absolute Gasteiger partial charge is 0.123 e. The first kappa shape index (κ1) is 11.8. The lowest BCUT2D eigenvalue weighted by Gasteiger charge is -2.25. The van der Waals surface area contributed by atoms with Crippen LogP contribution in [0.4, 0.5) is 10.1 Å². The molecule has 1 aliphatic heterocycles. The van der Waals surface area contributed by atoms with Gasteiger partial charge >= 0.3 is 0 Å². The summed E-state index contributed by atoms with van der Waals surface area (Å²) in [7, 11) is 0. The van der Waals surface area contributed by atoms with Crippen molar-refractivity contribution in [2.24, 2.45) is 11.7 Å². The topological polar surface area (TPSA) is 41.3 Å². The molecular weight excluding hydrogens is 217 g/mol. The van der Waals surface area contributed by atoms with Crippen molar-refractivity contribution in [3.05, 3.63) is 42.0 Å². The van der Waals surface area contributed by atoms with Crippen LogP contribution in [0.5, 0.6) is 0 Å². The van der Waals surface area contributed by atoms with Crippen molar-refractivity contribution in [3.63, 3.8) is 0 Å². The van der Waals surface area contributed by atoms with Gasteiger partial charge in [0.25, 0.3) is 0 Å². The molecule has 1 atom stereocenters. The molecule has 0 saturated heterocycles. The molecule has 1 aliphatic rings. The molecule has 2 rings (SSSR count). The fraction of sp³-hybridized carbons (Fsp3) is 0.385. The van der Waals surface area contributed by atoms with Gasteiger partial charge in [-0.05, 0) is 37.3 Å². The predicted octanol–water partition coefficient (Wildman–Crippen LogP) is 1.67. The van der Waals surface area contributed by atoms with Crippen LogP contribution in [0.3, 0.4) is 0 Å². The Kier molecular flexibility index (Phi) is 3.52. The molecule has 0 spiro atoms. The lowest BCUT2D eigenvalue weighted by molar-refractivity contribution is 0.617. The number of nitrogens with two attached hydrogens (primary N) is 1. The van der Waals surface area contributed by atoms with Gasteiger partial charge in [0.2, 0.25) is 0 Å². The van der Waals surface area contributed by atoms with Crippen molar-refractivity contribution >= 4 is 5.69 Å². The van der Waals surface area contributed by atoms with Crippen molar-refractivity contribution in [2.75, 3.05) is 24.5 Å². The van der Waals surface area contributed by atoms with Gasteiger partial charge in [-0.3, -0.25) is 0 Å². The van der Waals surface area contributed by atoms with Crippen LogP contribution < -0.4 is 16.0 Å². The number of anilines is 1. The maximum Gasteiger partial charge on any atom is 0.123 e. The molecule has 0 aliphatic carbocycles. The Morgan fingerprint density at radius 3 is 2.65 bits per heavy atom. The van der Waals surface area contributed by atoms with Crippen LogP contribution in [0.15, 0.2) is 36.2 Å². The Bertz CT molecular complexity index is 400. The standard InChI is InChI=1S/C13H18FN3/c1-2-17(9-10-7-13(15)16-8-10)12-5-3-11(14)4-6-12/h3-7,10,16H,2,8-9,15H2,1H3/t10-/m0/s1. The summed E-state index contributed by atoms with van der Waals surface area (Å²) in [6, 6.07) is 6.62. The number of benzene rings is 1. The van der Waals surface area contributed by atoms with Crippen LogP contribution in [0, 0.1) is 11.7 Å². The molecule has 3 N–H and O–H groups in total. The van der Waals surface area contributed by atoms with Crippen LogP contribution >= 0.6 is 0 Å². The minimum absolute atomic E-state index is 0.198. The SMILES string of the molecule is CCN(C[C@H]1C=C(N)NC1)c1ccc(F)cc1. The number of halogens is 1. The zero-order valence-electron chi connectivity index (χ0n) is 9.99. The number of nitrogens with zero attached hydrogens (tertiary/aromatic N) is 1. The molecule has 0 bridgehead atoms. The quantitative estimate of drug-likeness (QED) is 0.834. The van der Waals surface area contributed by atoms with Crippen molar-refractivity contribution < 1.29 is 4.39 Å². The van der Waals surface area contributed by atoms with E-state index in [-0.39, 0.29) is 5.82 Å². The van der Waals surface area contributed by atoms with Gasteiger partial charge in [0.05, 0.1) is 5.82 Å². The molecule has 0 aromatic heterocycles. The van der Waals surface area contributed by atoms with Crippen LogP contribution in [-0.4, -0.2) is 19.6 Å². The summed E-state index contributed by atoms with van der Waals surface area (Å²) in [6.45, 7) is 4.77.